The number of aryl methyl sites for hydroxylation is 1. The highest BCUT2D eigenvalue weighted by molar-refractivity contribution is 6.44. The van der Waals surface area contributed by atoms with E-state index in [1.165, 1.54) is 18.4 Å². The summed E-state index contributed by atoms with van der Waals surface area (Å²) >= 11 is 0. The first-order chi connectivity index (χ1) is 9.86. The molecule has 1 radical (unpaired) electrons. The van der Waals surface area contributed by atoms with E-state index in [1.807, 2.05) is 0 Å². The first kappa shape index (κ1) is 17.4. The van der Waals surface area contributed by atoms with E-state index in [2.05, 4.69) is 44.2 Å². The van der Waals surface area contributed by atoms with Crippen molar-refractivity contribution < 1.29 is 8.85 Å². The van der Waals surface area contributed by atoms with Gasteiger partial charge in [0.25, 0.3) is 0 Å². The summed E-state index contributed by atoms with van der Waals surface area (Å²) < 4.78 is 11.9. The van der Waals surface area contributed by atoms with Gasteiger partial charge in [0.15, 0.2) is 0 Å². The summed E-state index contributed by atoms with van der Waals surface area (Å²) in [5.74, 6) is 0. The van der Waals surface area contributed by atoms with Crippen LogP contribution >= 0.6 is 0 Å². The van der Waals surface area contributed by atoms with Crippen LogP contribution in [0.1, 0.15) is 51.5 Å². The van der Waals surface area contributed by atoms with Crippen molar-refractivity contribution in [3.8, 4) is 0 Å². The third kappa shape index (κ3) is 8.51. The molecule has 0 N–H and O–H groups in total. The maximum absolute atomic E-state index is 5.95. The lowest BCUT2D eigenvalue weighted by molar-refractivity contribution is 0.191. The predicted octanol–water partition coefficient (Wildman–Crippen LogP) is 4.74. The molecule has 0 bridgehead atoms. The lowest BCUT2D eigenvalue weighted by Crippen LogP contribution is -2.24. The fourth-order valence-corrected chi connectivity index (χ4v) is 3.51. The summed E-state index contributed by atoms with van der Waals surface area (Å²) in [6.07, 6.45) is 6.95. The van der Waals surface area contributed by atoms with Crippen LogP contribution in [0, 0.1) is 0 Å². The van der Waals surface area contributed by atoms with E-state index in [-0.39, 0.29) is 0 Å². The summed E-state index contributed by atoms with van der Waals surface area (Å²) in [6, 6.07) is 11.8. The molecule has 20 heavy (non-hydrogen) atoms. The minimum atomic E-state index is -1.06. The average Bonchev–Trinajstić information content (AvgIpc) is 2.48. The van der Waals surface area contributed by atoms with E-state index in [0.29, 0.717) is 0 Å². The normalized spacial score (nSPS) is 11.2. The molecule has 1 aromatic rings. The monoisotopic (exact) mass is 293 g/mol. The van der Waals surface area contributed by atoms with Crippen molar-refractivity contribution in [3.63, 3.8) is 0 Å². The molecule has 0 spiro atoms. The fraction of sp³-hybridized carbons (Fsp3) is 0.647. The Kier molecular flexibility index (Phi) is 10.6. The maximum atomic E-state index is 5.95. The zero-order chi connectivity index (χ0) is 14.5. The zero-order valence-corrected chi connectivity index (χ0v) is 14.1. The molecular formula is C17H29O2Si. The minimum Gasteiger partial charge on any atom is -0.393 e. The molecule has 0 heterocycles. The molecule has 0 saturated carbocycles. The first-order valence-electron chi connectivity index (χ1n) is 8.02. The Balaban J connectivity index is 2.23. The Bertz CT molecular complexity index is 306. The number of hydrogen-bond donors (Lipinski definition) is 0. The highest BCUT2D eigenvalue weighted by atomic mass is 28.3. The molecule has 113 valence electrons. The molecule has 0 amide bonds. The van der Waals surface area contributed by atoms with Gasteiger partial charge in [-0.2, -0.15) is 0 Å². The molecule has 3 heteroatoms. The second-order valence-electron chi connectivity index (χ2n) is 5.12. The van der Waals surface area contributed by atoms with Gasteiger partial charge < -0.3 is 8.85 Å². The number of unbranched alkanes of at least 4 members (excludes halogenated alkanes) is 2. The third-order valence-corrected chi connectivity index (χ3v) is 5.03. The largest absolute Gasteiger partial charge is 0.393 e. The second-order valence-corrected chi connectivity index (χ2v) is 6.94. The molecule has 1 rings (SSSR count). The fourth-order valence-electron chi connectivity index (χ4n) is 1.93. The van der Waals surface area contributed by atoms with Crippen molar-refractivity contribution in [2.24, 2.45) is 0 Å². The van der Waals surface area contributed by atoms with Gasteiger partial charge in [-0.05, 0) is 37.3 Å². The summed E-state index contributed by atoms with van der Waals surface area (Å²) in [6.45, 7) is 6.12. The van der Waals surface area contributed by atoms with Gasteiger partial charge >= 0.3 is 9.28 Å². The van der Waals surface area contributed by atoms with Gasteiger partial charge in [-0.25, -0.2) is 0 Å². The average molecular weight is 294 g/mol. The lowest BCUT2D eigenvalue weighted by Gasteiger charge is -2.15. The zero-order valence-electron chi connectivity index (χ0n) is 13.1. The van der Waals surface area contributed by atoms with Gasteiger partial charge in [0.1, 0.15) is 0 Å². The van der Waals surface area contributed by atoms with E-state index in [0.717, 1.165) is 44.9 Å². The van der Waals surface area contributed by atoms with Crippen LogP contribution in [0.25, 0.3) is 0 Å². The molecule has 0 atom stereocenters. The maximum Gasteiger partial charge on any atom is 0.384 e. The summed E-state index contributed by atoms with van der Waals surface area (Å²) in [7, 11) is -1.06. The van der Waals surface area contributed by atoms with Crippen LogP contribution in [0.5, 0.6) is 0 Å². The van der Waals surface area contributed by atoms with E-state index in [9.17, 15) is 0 Å². The molecule has 0 aromatic heterocycles. The number of hydrogen-bond acceptors (Lipinski definition) is 2. The van der Waals surface area contributed by atoms with Gasteiger partial charge in [0.2, 0.25) is 0 Å². The van der Waals surface area contributed by atoms with Crippen LogP contribution in [0.3, 0.4) is 0 Å². The van der Waals surface area contributed by atoms with Crippen molar-refractivity contribution in [2.45, 2.75) is 58.4 Å². The Morgan fingerprint density at radius 3 is 2.00 bits per heavy atom. The lowest BCUT2D eigenvalue weighted by atomic mass is 10.1. The Hall–Kier alpha value is -0.643. The van der Waals surface area contributed by atoms with E-state index >= 15 is 0 Å². The van der Waals surface area contributed by atoms with Crippen molar-refractivity contribution >= 4 is 9.28 Å². The van der Waals surface area contributed by atoms with Gasteiger partial charge in [-0.15, -0.1) is 0 Å². The van der Waals surface area contributed by atoms with Crippen molar-refractivity contribution in [1.82, 2.24) is 0 Å². The van der Waals surface area contributed by atoms with Gasteiger partial charge in [-0.3, -0.25) is 0 Å². The quantitative estimate of drug-likeness (QED) is 0.409. The van der Waals surface area contributed by atoms with Crippen LogP contribution in [0.2, 0.25) is 6.04 Å². The molecule has 1 aromatic carbocycles. The van der Waals surface area contributed by atoms with Crippen LogP contribution in [0.15, 0.2) is 30.3 Å². The Labute approximate surface area is 126 Å². The van der Waals surface area contributed by atoms with Crippen molar-refractivity contribution in [1.29, 1.82) is 0 Å². The Morgan fingerprint density at radius 2 is 1.45 bits per heavy atom. The van der Waals surface area contributed by atoms with E-state index < -0.39 is 9.28 Å². The van der Waals surface area contributed by atoms with Crippen LogP contribution in [0.4, 0.5) is 0 Å². The molecule has 0 fully saturated rings. The topological polar surface area (TPSA) is 18.5 Å². The third-order valence-electron chi connectivity index (χ3n) is 3.21. The van der Waals surface area contributed by atoms with Gasteiger partial charge in [0.05, 0.1) is 0 Å². The molecule has 0 aliphatic rings. The summed E-state index contributed by atoms with van der Waals surface area (Å²) in [4.78, 5) is 0. The molecule has 0 unspecified atom stereocenters. The minimum absolute atomic E-state index is 0.863. The summed E-state index contributed by atoms with van der Waals surface area (Å²) in [5, 5.41) is 0. The van der Waals surface area contributed by atoms with Crippen LogP contribution in [-0.2, 0) is 15.3 Å². The number of rotatable bonds is 12. The SMILES string of the molecule is CCCCO[Si](CCCc1ccccc1)OCCCC. The highest BCUT2D eigenvalue weighted by Crippen LogP contribution is 2.09. The van der Waals surface area contributed by atoms with Gasteiger partial charge in [0, 0.05) is 13.2 Å². The number of benzene rings is 1. The first-order valence-corrected chi connectivity index (χ1v) is 9.54. The summed E-state index contributed by atoms with van der Waals surface area (Å²) in [5.41, 5.74) is 1.41. The van der Waals surface area contributed by atoms with E-state index in [4.69, 9.17) is 8.85 Å². The standard InChI is InChI=1S/C17H29O2Si/c1-3-5-14-18-20(19-15-6-4-2)16-10-13-17-11-8-7-9-12-17/h7-9,11-12H,3-6,10,13-16H2,1-2H3. The van der Waals surface area contributed by atoms with E-state index in [1.54, 1.807) is 0 Å². The van der Waals surface area contributed by atoms with Crippen LogP contribution < -0.4 is 0 Å². The van der Waals surface area contributed by atoms with Crippen molar-refractivity contribution in [2.75, 3.05) is 13.2 Å². The van der Waals surface area contributed by atoms with Crippen molar-refractivity contribution in [3.05, 3.63) is 35.9 Å². The second kappa shape index (κ2) is 12.1. The molecule has 0 aliphatic heterocycles. The Morgan fingerprint density at radius 1 is 0.850 bits per heavy atom. The molecule has 2 nitrogen and oxygen atoms in total. The highest BCUT2D eigenvalue weighted by Gasteiger charge is 2.15. The smallest absolute Gasteiger partial charge is 0.384 e. The molecular weight excluding hydrogens is 264 g/mol. The van der Waals surface area contributed by atoms with Crippen LogP contribution in [-0.4, -0.2) is 22.5 Å². The molecule has 0 aliphatic carbocycles. The predicted molar refractivity (Wildman–Crippen MR) is 87.0 cm³/mol. The van der Waals surface area contributed by atoms with Gasteiger partial charge in [-0.1, -0.05) is 57.0 Å². The molecule has 0 saturated heterocycles.